The lowest BCUT2D eigenvalue weighted by atomic mass is 10.1. The minimum atomic E-state index is -0.282. The van der Waals surface area contributed by atoms with Crippen molar-refractivity contribution < 1.29 is 9.53 Å². The lowest BCUT2D eigenvalue weighted by Gasteiger charge is -2.10. The first-order valence-electron chi connectivity index (χ1n) is 9.87. The van der Waals surface area contributed by atoms with Gasteiger partial charge in [-0.25, -0.2) is 0 Å². The highest BCUT2D eigenvalue weighted by Crippen LogP contribution is 2.30. The van der Waals surface area contributed by atoms with Crippen LogP contribution in [0.15, 0.2) is 79.0 Å². The Morgan fingerprint density at radius 1 is 1.06 bits per heavy atom. The molecule has 0 bridgehead atoms. The lowest BCUT2D eigenvalue weighted by Crippen LogP contribution is -2.13. The predicted octanol–water partition coefficient (Wildman–Crippen LogP) is 5.82. The van der Waals surface area contributed by atoms with Gasteiger partial charge in [0.2, 0.25) is 0 Å². The first-order chi connectivity index (χ1) is 15.0. The number of nitrogens with one attached hydrogen (secondary N) is 1. The van der Waals surface area contributed by atoms with Crippen LogP contribution in [0.1, 0.15) is 21.5 Å². The number of rotatable bonds is 6. The topological polar surface area (TPSA) is 56.1 Å². The number of methoxy groups -OCH3 is 1. The van der Waals surface area contributed by atoms with Gasteiger partial charge in [-0.2, -0.15) is 5.10 Å². The summed E-state index contributed by atoms with van der Waals surface area (Å²) in [7, 11) is 1.55. The summed E-state index contributed by atoms with van der Waals surface area (Å²) in [4.78, 5) is 13.3. The van der Waals surface area contributed by atoms with Gasteiger partial charge in [-0.05, 0) is 30.7 Å². The predicted molar refractivity (Wildman–Crippen MR) is 124 cm³/mol. The van der Waals surface area contributed by atoms with Crippen LogP contribution in [0, 0.1) is 6.92 Å². The third-order valence-corrected chi connectivity index (χ3v) is 5.16. The molecule has 1 aromatic heterocycles. The molecule has 4 aromatic rings. The van der Waals surface area contributed by atoms with Crippen molar-refractivity contribution in [1.29, 1.82) is 0 Å². The molecule has 4 rings (SSSR count). The van der Waals surface area contributed by atoms with Crippen molar-refractivity contribution >= 4 is 23.2 Å². The van der Waals surface area contributed by atoms with Crippen LogP contribution in [-0.4, -0.2) is 22.8 Å². The zero-order valence-electron chi connectivity index (χ0n) is 17.3. The van der Waals surface area contributed by atoms with Crippen LogP contribution in [0.4, 0.5) is 5.69 Å². The monoisotopic (exact) mass is 431 g/mol. The van der Waals surface area contributed by atoms with E-state index in [1.54, 1.807) is 36.2 Å². The van der Waals surface area contributed by atoms with E-state index in [1.807, 2.05) is 61.5 Å². The molecule has 0 spiro atoms. The van der Waals surface area contributed by atoms with Gasteiger partial charge in [0.25, 0.3) is 5.91 Å². The van der Waals surface area contributed by atoms with E-state index in [-0.39, 0.29) is 5.91 Å². The maximum atomic E-state index is 13.3. The minimum absolute atomic E-state index is 0.282. The largest absolute Gasteiger partial charge is 0.495 e. The Morgan fingerprint density at radius 2 is 1.81 bits per heavy atom. The number of hydrogen-bond acceptors (Lipinski definition) is 3. The van der Waals surface area contributed by atoms with Gasteiger partial charge in [0.05, 0.1) is 24.9 Å². The van der Waals surface area contributed by atoms with Crippen LogP contribution in [0.25, 0.3) is 11.3 Å². The SMILES string of the molecule is COc1ccc(Cl)cc1NC(=O)c1cn(Cc2ccccc2)nc1-c1ccc(C)cc1. The summed E-state index contributed by atoms with van der Waals surface area (Å²) in [5.41, 5.74) is 4.72. The van der Waals surface area contributed by atoms with Crippen molar-refractivity contribution in [2.75, 3.05) is 12.4 Å². The molecule has 3 aromatic carbocycles. The van der Waals surface area contributed by atoms with Gasteiger partial charge < -0.3 is 10.1 Å². The second-order valence-electron chi connectivity index (χ2n) is 7.24. The van der Waals surface area contributed by atoms with E-state index >= 15 is 0 Å². The molecule has 156 valence electrons. The second-order valence-corrected chi connectivity index (χ2v) is 7.68. The summed E-state index contributed by atoms with van der Waals surface area (Å²) in [6.45, 7) is 2.59. The Kier molecular flexibility index (Phi) is 6.05. The summed E-state index contributed by atoms with van der Waals surface area (Å²) in [6, 6.07) is 23.1. The van der Waals surface area contributed by atoms with Gasteiger partial charge in [-0.15, -0.1) is 0 Å². The third-order valence-electron chi connectivity index (χ3n) is 4.93. The lowest BCUT2D eigenvalue weighted by molar-refractivity contribution is 0.102. The van der Waals surface area contributed by atoms with Crippen molar-refractivity contribution in [2.45, 2.75) is 13.5 Å². The number of aromatic nitrogens is 2. The van der Waals surface area contributed by atoms with Gasteiger partial charge >= 0.3 is 0 Å². The number of benzene rings is 3. The van der Waals surface area contributed by atoms with Crippen LogP contribution in [0.5, 0.6) is 5.75 Å². The fourth-order valence-electron chi connectivity index (χ4n) is 3.33. The number of halogens is 1. The average Bonchev–Trinajstić information content (AvgIpc) is 3.19. The summed E-state index contributed by atoms with van der Waals surface area (Å²) in [5, 5.41) is 8.15. The zero-order valence-corrected chi connectivity index (χ0v) is 18.1. The van der Waals surface area contributed by atoms with E-state index in [2.05, 4.69) is 5.32 Å². The molecule has 1 N–H and O–H groups in total. The molecule has 0 aliphatic heterocycles. The molecule has 0 saturated heterocycles. The van der Waals surface area contributed by atoms with Crippen LogP contribution in [0.2, 0.25) is 5.02 Å². The van der Waals surface area contributed by atoms with E-state index in [9.17, 15) is 4.79 Å². The molecule has 0 aliphatic carbocycles. The molecule has 0 aliphatic rings. The van der Waals surface area contributed by atoms with E-state index in [4.69, 9.17) is 21.4 Å². The highest BCUT2D eigenvalue weighted by atomic mass is 35.5. The van der Waals surface area contributed by atoms with Crippen LogP contribution < -0.4 is 10.1 Å². The standard InChI is InChI=1S/C25H22ClN3O2/c1-17-8-10-19(11-9-17)24-21(16-29(28-24)15-18-6-4-3-5-7-18)25(30)27-22-14-20(26)12-13-23(22)31-2/h3-14,16H,15H2,1-2H3,(H,27,30). The van der Waals surface area contributed by atoms with Crippen molar-refractivity contribution in [3.05, 3.63) is 101 Å². The summed E-state index contributed by atoms with van der Waals surface area (Å²) < 4.78 is 7.14. The Morgan fingerprint density at radius 3 is 2.52 bits per heavy atom. The van der Waals surface area contributed by atoms with E-state index < -0.39 is 0 Å². The summed E-state index contributed by atoms with van der Waals surface area (Å²) in [5.74, 6) is 0.252. The van der Waals surface area contributed by atoms with E-state index in [1.165, 1.54) is 0 Å². The molecule has 1 heterocycles. The molecule has 0 fully saturated rings. The van der Waals surface area contributed by atoms with E-state index in [0.717, 1.165) is 16.7 Å². The molecule has 1 amide bonds. The number of amides is 1. The normalized spacial score (nSPS) is 10.7. The Bertz CT molecular complexity index is 1200. The van der Waals surface area contributed by atoms with E-state index in [0.29, 0.717) is 34.3 Å². The summed E-state index contributed by atoms with van der Waals surface area (Å²) in [6.07, 6.45) is 1.77. The van der Waals surface area contributed by atoms with Gasteiger partial charge in [-0.3, -0.25) is 9.48 Å². The number of anilines is 1. The first kappa shape index (κ1) is 20.7. The number of carbonyl (C=O) groups is 1. The minimum Gasteiger partial charge on any atom is -0.495 e. The number of carbonyl (C=O) groups excluding carboxylic acids is 1. The molecule has 6 heteroatoms. The molecule has 0 saturated carbocycles. The maximum absolute atomic E-state index is 13.3. The fraction of sp³-hybridized carbons (Fsp3) is 0.120. The number of ether oxygens (including phenoxy) is 1. The van der Waals surface area contributed by atoms with Crippen molar-refractivity contribution in [2.24, 2.45) is 0 Å². The Labute approximate surface area is 186 Å². The van der Waals surface area contributed by atoms with Crippen molar-refractivity contribution in [1.82, 2.24) is 9.78 Å². The Balaban J connectivity index is 1.71. The fourth-order valence-corrected chi connectivity index (χ4v) is 3.50. The highest BCUT2D eigenvalue weighted by molar-refractivity contribution is 6.31. The molecular weight excluding hydrogens is 410 g/mol. The molecule has 5 nitrogen and oxygen atoms in total. The van der Waals surface area contributed by atoms with Gasteiger partial charge in [-0.1, -0.05) is 71.8 Å². The summed E-state index contributed by atoms with van der Waals surface area (Å²) >= 11 is 6.12. The van der Waals surface area contributed by atoms with Crippen molar-refractivity contribution in [3.63, 3.8) is 0 Å². The van der Waals surface area contributed by atoms with Gasteiger partial charge in [0.1, 0.15) is 11.4 Å². The third kappa shape index (κ3) is 4.78. The molecule has 31 heavy (non-hydrogen) atoms. The number of nitrogens with zero attached hydrogens (tertiary/aromatic N) is 2. The smallest absolute Gasteiger partial charge is 0.259 e. The van der Waals surface area contributed by atoms with Crippen molar-refractivity contribution in [3.8, 4) is 17.0 Å². The molecular formula is C25H22ClN3O2. The van der Waals surface area contributed by atoms with Crippen LogP contribution in [0.3, 0.4) is 0 Å². The average molecular weight is 432 g/mol. The Hall–Kier alpha value is -3.57. The number of hydrogen-bond donors (Lipinski definition) is 1. The van der Waals surface area contributed by atoms with Crippen LogP contribution >= 0.6 is 11.6 Å². The second kappa shape index (κ2) is 9.06. The maximum Gasteiger partial charge on any atom is 0.259 e. The molecule has 0 radical (unpaired) electrons. The molecule has 0 unspecified atom stereocenters. The quantitative estimate of drug-likeness (QED) is 0.418. The van der Waals surface area contributed by atoms with Crippen LogP contribution in [-0.2, 0) is 6.54 Å². The molecule has 0 atom stereocenters. The zero-order chi connectivity index (χ0) is 21.8. The van der Waals surface area contributed by atoms with Gasteiger partial charge in [0.15, 0.2) is 0 Å². The highest BCUT2D eigenvalue weighted by Gasteiger charge is 2.20. The van der Waals surface area contributed by atoms with Gasteiger partial charge in [0, 0.05) is 16.8 Å². The number of aryl methyl sites for hydroxylation is 1. The first-order valence-corrected chi connectivity index (χ1v) is 10.2.